The maximum atomic E-state index is 12.9. The fraction of sp³-hybridized carbons (Fsp3) is 0.500. The monoisotopic (exact) mass is 282 g/mol. The van der Waals surface area contributed by atoms with E-state index in [2.05, 4.69) is 10.6 Å². The topological polar surface area (TPSA) is 59.6 Å². The van der Waals surface area contributed by atoms with Crippen LogP contribution in [0, 0.1) is 5.82 Å². The molecule has 1 amide bonds. The summed E-state index contributed by atoms with van der Waals surface area (Å²) in [6.45, 7) is 2.13. The first-order chi connectivity index (χ1) is 9.70. The molecule has 20 heavy (non-hydrogen) atoms. The zero-order chi connectivity index (χ0) is 14.4. The Morgan fingerprint density at radius 1 is 1.55 bits per heavy atom. The van der Waals surface area contributed by atoms with Crippen molar-refractivity contribution in [2.75, 3.05) is 33.4 Å². The van der Waals surface area contributed by atoms with Crippen molar-refractivity contribution in [2.45, 2.75) is 12.2 Å². The maximum absolute atomic E-state index is 12.9. The Bertz CT molecular complexity index is 433. The summed E-state index contributed by atoms with van der Waals surface area (Å²) in [6.07, 6.45) is -0.773. The summed E-state index contributed by atoms with van der Waals surface area (Å²) in [5.74, 6) is -0.462. The maximum Gasteiger partial charge on any atom is 0.250 e. The van der Waals surface area contributed by atoms with Crippen molar-refractivity contribution in [3.05, 3.63) is 35.6 Å². The minimum atomic E-state index is -0.463. The average Bonchev–Trinajstić information content (AvgIpc) is 2.50. The van der Waals surface area contributed by atoms with Crippen molar-refractivity contribution in [1.29, 1.82) is 0 Å². The van der Waals surface area contributed by atoms with Gasteiger partial charge in [-0.15, -0.1) is 0 Å². The van der Waals surface area contributed by atoms with Crippen LogP contribution in [0.25, 0.3) is 0 Å². The molecule has 0 bridgehead atoms. The van der Waals surface area contributed by atoms with Gasteiger partial charge in [-0.05, 0) is 17.7 Å². The quantitative estimate of drug-likeness (QED) is 0.831. The van der Waals surface area contributed by atoms with Gasteiger partial charge in [-0.25, -0.2) is 4.39 Å². The summed E-state index contributed by atoms with van der Waals surface area (Å²) in [6, 6.07) is 6.04. The van der Waals surface area contributed by atoms with E-state index in [9.17, 15) is 9.18 Å². The summed E-state index contributed by atoms with van der Waals surface area (Å²) >= 11 is 0. The number of hydrogen-bond donors (Lipinski definition) is 2. The van der Waals surface area contributed by atoms with Crippen molar-refractivity contribution in [3.63, 3.8) is 0 Å². The molecule has 5 nitrogen and oxygen atoms in total. The highest BCUT2D eigenvalue weighted by molar-refractivity contribution is 5.81. The first kappa shape index (κ1) is 14.9. The molecule has 6 heteroatoms. The lowest BCUT2D eigenvalue weighted by molar-refractivity contribution is -0.134. The van der Waals surface area contributed by atoms with Crippen LogP contribution in [0.1, 0.15) is 11.7 Å². The van der Waals surface area contributed by atoms with Gasteiger partial charge in [0, 0.05) is 26.7 Å². The summed E-state index contributed by atoms with van der Waals surface area (Å²) in [5.41, 5.74) is 0.817. The lowest BCUT2D eigenvalue weighted by atomic mass is 10.1. The van der Waals surface area contributed by atoms with Crippen LogP contribution in [-0.2, 0) is 14.3 Å². The van der Waals surface area contributed by atoms with Crippen LogP contribution in [0.2, 0.25) is 0 Å². The highest BCUT2D eigenvalue weighted by atomic mass is 19.1. The number of nitrogens with one attached hydrogen (secondary N) is 2. The number of carbonyl (C=O) groups is 1. The Balaban J connectivity index is 1.86. The number of halogens is 1. The van der Waals surface area contributed by atoms with Gasteiger partial charge in [0.15, 0.2) is 0 Å². The second kappa shape index (κ2) is 7.33. The molecule has 0 spiro atoms. The highest BCUT2D eigenvalue weighted by Gasteiger charge is 2.22. The number of ether oxygens (including phenoxy) is 2. The van der Waals surface area contributed by atoms with Crippen molar-refractivity contribution in [2.24, 2.45) is 0 Å². The van der Waals surface area contributed by atoms with Crippen LogP contribution in [0.3, 0.4) is 0 Å². The third kappa shape index (κ3) is 4.00. The predicted octanol–water partition coefficient (Wildman–Crippen LogP) is 0.618. The molecule has 1 saturated heterocycles. The SMILES string of the molecule is COC(CNC(=O)C1CNCCO1)c1ccc(F)cc1. The van der Waals surface area contributed by atoms with Gasteiger partial charge in [0.1, 0.15) is 11.9 Å². The van der Waals surface area contributed by atoms with Crippen LogP contribution >= 0.6 is 0 Å². The largest absolute Gasteiger partial charge is 0.375 e. The molecule has 2 atom stereocenters. The second-order valence-corrected chi connectivity index (χ2v) is 4.58. The Kier molecular flexibility index (Phi) is 5.46. The third-order valence-electron chi connectivity index (χ3n) is 3.21. The van der Waals surface area contributed by atoms with Crippen LogP contribution in [-0.4, -0.2) is 45.4 Å². The van der Waals surface area contributed by atoms with E-state index in [1.165, 1.54) is 12.1 Å². The minimum Gasteiger partial charge on any atom is -0.375 e. The van der Waals surface area contributed by atoms with Gasteiger partial charge in [0.05, 0.1) is 12.7 Å². The zero-order valence-corrected chi connectivity index (χ0v) is 11.4. The number of rotatable bonds is 5. The van der Waals surface area contributed by atoms with E-state index >= 15 is 0 Å². The number of benzene rings is 1. The van der Waals surface area contributed by atoms with Crippen molar-refractivity contribution in [3.8, 4) is 0 Å². The fourth-order valence-electron chi connectivity index (χ4n) is 2.06. The number of morpholine rings is 1. The van der Waals surface area contributed by atoms with Gasteiger partial charge in [0.25, 0.3) is 5.91 Å². The average molecular weight is 282 g/mol. The molecular formula is C14H19FN2O3. The van der Waals surface area contributed by atoms with E-state index in [1.807, 2.05) is 0 Å². The standard InChI is InChI=1S/C14H19FN2O3/c1-19-12(10-2-4-11(15)5-3-10)9-17-14(18)13-8-16-6-7-20-13/h2-5,12-13,16H,6-9H2,1H3,(H,17,18). The van der Waals surface area contributed by atoms with Gasteiger partial charge < -0.3 is 20.1 Å². The molecule has 1 fully saturated rings. The third-order valence-corrected chi connectivity index (χ3v) is 3.21. The number of amides is 1. The van der Waals surface area contributed by atoms with E-state index in [0.29, 0.717) is 19.7 Å². The van der Waals surface area contributed by atoms with Gasteiger partial charge in [0.2, 0.25) is 0 Å². The molecule has 0 saturated carbocycles. The Labute approximate surface area is 117 Å². The molecule has 2 unspecified atom stereocenters. The fourth-order valence-corrected chi connectivity index (χ4v) is 2.06. The molecule has 1 aliphatic rings. The molecule has 2 rings (SSSR count). The molecule has 1 aromatic rings. The van der Waals surface area contributed by atoms with Crippen LogP contribution < -0.4 is 10.6 Å². The van der Waals surface area contributed by atoms with Crippen LogP contribution in [0.4, 0.5) is 4.39 Å². The molecule has 1 heterocycles. The molecule has 0 aromatic heterocycles. The first-order valence-electron chi connectivity index (χ1n) is 6.59. The Morgan fingerprint density at radius 2 is 2.30 bits per heavy atom. The molecule has 110 valence electrons. The lowest BCUT2D eigenvalue weighted by Gasteiger charge is -2.24. The van der Waals surface area contributed by atoms with Crippen molar-refractivity contribution < 1.29 is 18.7 Å². The second-order valence-electron chi connectivity index (χ2n) is 4.58. The zero-order valence-electron chi connectivity index (χ0n) is 11.4. The van der Waals surface area contributed by atoms with Crippen LogP contribution in [0.15, 0.2) is 24.3 Å². The summed E-state index contributed by atoms with van der Waals surface area (Å²) < 4.78 is 23.6. The van der Waals surface area contributed by atoms with Gasteiger partial charge in [-0.2, -0.15) is 0 Å². The summed E-state index contributed by atoms with van der Waals surface area (Å²) in [5, 5.41) is 5.89. The van der Waals surface area contributed by atoms with E-state index in [-0.39, 0.29) is 17.8 Å². The highest BCUT2D eigenvalue weighted by Crippen LogP contribution is 2.16. The minimum absolute atomic E-state index is 0.165. The van der Waals surface area contributed by atoms with E-state index in [4.69, 9.17) is 9.47 Å². The molecule has 2 N–H and O–H groups in total. The van der Waals surface area contributed by atoms with E-state index in [0.717, 1.165) is 12.1 Å². The number of methoxy groups -OCH3 is 1. The van der Waals surface area contributed by atoms with Gasteiger partial charge in [-0.3, -0.25) is 4.79 Å². The van der Waals surface area contributed by atoms with Crippen molar-refractivity contribution >= 4 is 5.91 Å². The van der Waals surface area contributed by atoms with Crippen LogP contribution in [0.5, 0.6) is 0 Å². The van der Waals surface area contributed by atoms with E-state index < -0.39 is 6.10 Å². The molecule has 1 aromatic carbocycles. The van der Waals surface area contributed by atoms with Gasteiger partial charge >= 0.3 is 0 Å². The predicted molar refractivity (Wildman–Crippen MR) is 71.8 cm³/mol. The molecular weight excluding hydrogens is 263 g/mol. The number of hydrogen-bond acceptors (Lipinski definition) is 4. The lowest BCUT2D eigenvalue weighted by Crippen LogP contribution is -2.48. The summed E-state index contributed by atoms with van der Waals surface area (Å²) in [7, 11) is 1.55. The first-order valence-corrected chi connectivity index (χ1v) is 6.59. The van der Waals surface area contributed by atoms with Gasteiger partial charge in [-0.1, -0.05) is 12.1 Å². The normalized spacial score (nSPS) is 20.4. The molecule has 0 radical (unpaired) electrons. The van der Waals surface area contributed by atoms with Crippen molar-refractivity contribution in [1.82, 2.24) is 10.6 Å². The smallest absolute Gasteiger partial charge is 0.250 e. The summed E-state index contributed by atoms with van der Waals surface area (Å²) in [4.78, 5) is 11.9. The Morgan fingerprint density at radius 3 is 2.90 bits per heavy atom. The molecule has 0 aliphatic carbocycles. The molecule has 1 aliphatic heterocycles. The van der Waals surface area contributed by atoms with E-state index in [1.54, 1.807) is 19.2 Å². The Hall–Kier alpha value is -1.50. The number of carbonyl (C=O) groups excluding carboxylic acids is 1.